The number of hydrogen-bond acceptors (Lipinski definition) is 3. The first-order valence-corrected chi connectivity index (χ1v) is 6.86. The van der Waals surface area contributed by atoms with Crippen LogP contribution in [0.15, 0.2) is 17.1 Å². The molecule has 1 aliphatic rings. The molecule has 1 aliphatic heterocycles. The van der Waals surface area contributed by atoms with Crippen LogP contribution in [0.25, 0.3) is 0 Å². The Morgan fingerprint density at radius 1 is 1.41 bits per heavy atom. The molecule has 3 heteroatoms. The van der Waals surface area contributed by atoms with Crippen LogP contribution in [0.1, 0.15) is 52.4 Å². The minimum Gasteiger partial charge on any atom is -0.379 e. The van der Waals surface area contributed by atoms with Gasteiger partial charge in [-0.15, -0.1) is 0 Å². The van der Waals surface area contributed by atoms with Crippen molar-refractivity contribution in [1.29, 1.82) is 0 Å². The highest BCUT2D eigenvalue weighted by molar-refractivity contribution is 5.62. The number of unbranched alkanes of at least 4 members (excludes halogenated alkanes) is 3. The molecule has 2 unspecified atom stereocenters. The molecular weight excluding hydrogens is 212 g/mol. The van der Waals surface area contributed by atoms with E-state index in [9.17, 15) is 5.11 Å². The molecule has 0 amide bonds. The van der Waals surface area contributed by atoms with Crippen LogP contribution < -0.4 is 0 Å². The molecule has 2 atom stereocenters. The number of nitrogens with zero attached hydrogens (tertiary/aromatic N) is 2. The van der Waals surface area contributed by atoms with Crippen molar-refractivity contribution in [3.8, 4) is 0 Å². The summed E-state index contributed by atoms with van der Waals surface area (Å²) in [6, 6.07) is 0. The predicted octanol–water partition coefficient (Wildman–Crippen LogP) is 2.95. The Bertz CT molecular complexity index is 249. The van der Waals surface area contributed by atoms with E-state index in [-0.39, 0.29) is 12.4 Å². The number of aliphatic hydroxyl groups is 1. The summed E-state index contributed by atoms with van der Waals surface area (Å²) in [7, 11) is 0. The summed E-state index contributed by atoms with van der Waals surface area (Å²) in [5, 5.41) is 9.56. The summed E-state index contributed by atoms with van der Waals surface area (Å²) in [5.41, 5.74) is 0. The van der Waals surface area contributed by atoms with E-state index in [1.54, 1.807) is 0 Å². The summed E-state index contributed by atoms with van der Waals surface area (Å²) >= 11 is 0. The lowest BCUT2D eigenvalue weighted by atomic mass is 10.1. The summed E-state index contributed by atoms with van der Waals surface area (Å²) in [5.74, 6) is 0. The Morgan fingerprint density at radius 3 is 2.88 bits per heavy atom. The highest BCUT2D eigenvalue weighted by Crippen LogP contribution is 2.16. The standard InChI is InChI=1S/C14H26N2O/c1-3-4-5-6-7-8-9-10-14-15-11-12-16(14)13(2)17/h5-6,11,13-14,17H,3-4,7-10,12H2,1-2H3/b6-5+. The Morgan fingerprint density at radius 2 is 2.18 bits per heavy atom. The quantitative estimate of drug-likeness (QED) is 0.521. The topological polar surface area (TPSA) is 35.8 Å². The Labute approximate surface area is 105 Å². The molecule has 0 aromatic rings. The number of aliphatic hydroxyl groups excluding tert-OH is 1. The molecule has 0 aromatic carbocycles. The highest BCUT2D eigenvalue weighted by atomic mass is 16.3. The second-order valence-corrected chi connectivity index (χ2v) is 4.69. The monoisotopic (exact) mass is 238 g/mol. The van der Waals surface area contributed by atoms with Crippen LogP contribution in [0.5, 0.6) is 0 Å². The average molecular weight is 238 g/mol. The summed E-state index contributed by atoms with van der Waals surface area (Å²) in [6.07, 6.45) is 13.4. The van der Waals surface area contributed by atoms with Crippen molar-refractivity contribution in [1.82, 2.24) is 4.90 Å². The first kappa shape index (κ1) is 14.4. The van der Waals surface area contributed by atoms with Gasteiger partial charge in [0.05, 0.1) is 0 Å². The molecule has 0 radical (unpaired) electrons. The van der Waals surface area contributed by atoms with Crippen molar-refractivity contribution in [3.63, 3.8) is 0 Å². The molecule has 0 saturated carbocycles. The van der Waals surface area contributed by atoms with Crippen molar-refractivity contribution in [2.24, 2.45) is 4.99 Å². The van der Waals surface area contributed by atoms with Gasteiger partial charge in [0.1, 0.15) is 12.4 Å². The molecule has 0 aromatic heterocycles. The molecule has 0 saturated heterocycles. The zero-order valence-electron chi connectivity index (χ0n) is 11.2. The third-order valence-corrected chi connectivity index (χ3v) is 3.14. The molecule has 98 valence electrons. The molecule has 0 spiro atoms. The summed E-state index contributed by atoms with van der Waals surface area (Å²) in [4.78, 5) is 6.44. The minimum absolute atomic E-state index is 0.203. The molecule has 0 aliphatic carbocycles. The van der Waals surface area contributed by atoms with Gasteiger partial charge in [0.25, 0.3) is 0 Å². The lowest BCUT2D eigenvalue weighted by molar-refractivity contribution is 0.00715. The maximum atomic E-state index is 9.56. The number of hydrogen-bond donors (Lipinski definition) is 1. The Hall–Kier alpha value is -0.670. The van der Waals surface area contributed by atoms with Gasteiger partial charge in [0.15, 0.2) is 0 Å². The van der Waals surface area contributed by atoms with Gasteiger partial charge in [0.2, 0.25) is 0 Å². The fourth-order valence-electron chi connectivity index (χ4n) is 2.10. The zero-order chi connectivity index (χ0) is 12.5. The molecule has 0 bridgehead atoms. The van der Waals surface area contributed by atoms with Crippen molar-refractivity contribution >= 4 is 6.21 Å². The Balaban J connectivity index is 2.08. The normalized spacial score (nSPS) is 22.6. The van der Waals surface area contributed by atoms with Crippen LogP contribution in [0.4, 0.5) is 0 Å². The van der Waals surface area contributed by atoms with E-state index in [1.165, 1.54) is 32.1 Å². The smallest absolute Gasteiger partial charge is 0.106 e. The average Bonchev–Trinajstić information content (AvgIpc) is 2.76. The zero-order valence-corrected chi connectivity index (χ0v) is 11.2. The Kier molecular flexibility index (Phi) is 7.13. The van der Waals surface area contributed by atoms with Gasteiger partial charge in [-0.2, -0.15) is 0 Å². The highest BCUT2D eigenvalue weighted by Gasteiger charge is 2.23. The maximum Gasteiger partial charge on any atom is 0.106 e. The fourth-order valence-corrected chi connectivity index (χ4v) is 2.10. The molecular formula is C14H26N2O. The van der Waals surface area contributed by atoms with Gasteiger partial charge < -0.3 is 5.11 Å². The second-order valence-electron chi connectivity index (χ2n) is 4.69. The van der Waals surface area contributed by atoms with E-state index in [0.29, 0.717) is 0 Å². The van der Waals surface area contributed by atoms with E-state index in [1.807, 2.05) is 18.0 Å². The molecule has 1 N–H and O–H groups in total. The largest absolute Gasteiger partial charge is 0.379 e. The molecule has 17 heavy (non-hydrogen) atoms. The molecule has 1 heterocycles. The van der Waals surface area contributed by atoms with Gasteiger partial charge in [-0.25, -0.2) is 0 Å². The van der Waals surface area contributed by atoms with E-state index >= 15 is 0 Å². The van der Waals surface area contributed by atoms with Crippen LogP contribution in [-0.2, 0) is 0 Å². The first-order chi connectivity index (χ1) is 8.25. The minimum atomic E-state index is -0.382. The number of rotatable bonds is 8. The van der Waals surface area contributed by atoms with Gasteiger partial charge in [-0.05, 0) is 39.0 Å². The third kappa shape index (κ3) is 5.46. The van der Waals surface area contributed by atoms with E-state index < -0.39 is 0 Å². The number of aliphatic imine (C=N–C) groups is 1. The van der Waals surface area contributed by atoms with E-state index in [2.05, 4.69) is 24.1 Å². The lowest BCUT2D eigenvalue weighted by Gasteiger charge is -2.25. The van der Waals surface area contributed by atoms with E-state index in [4.69, 9.17) is 0 Å². The van der Waals surface area contributed by atoms with Crippen molar-refractivity contribution < 1.29 is 5.11 Å². The van der Waals surface area contributed by atoms with Crippen LogP contribution in [0.2, 0.25) is 0 Å². The molecule has 1 rings (SSSR count). The van der Waals surface area contributed by atoms with Crippen molar-refractivity contribution in [2.45, 2.75) is 64.8 Å². The third-order valence-electron chi connectivity index (χ3n) is 3.14. The van der Waals surface area contributed by atoms with Crippen LogP contribution in [0, 0.1) is 0 Å². The second kappa shape index (κ2) is 8.43. The van der Waals surface area contributed by atoms with Gasteiger partial charge in [0, 0.05) is 12.8 Å². The van der Waals surface area contributed by atoms with Crippen LogP contribution in [-0.4, -0.2) is 35.2 Å². The predicted molar refractivity (Wildman–Crippen MR) is 73.2 cm³/mol. The number of allylic oxidation sites excluding steroid dienone is 2. The molecule has 3 nitrogen and oxygen atoms in total. The van der Waals surface area contributed by atoms with Crippen molar-refractivity contribution in [2.75, 3.05) is 6.54 Å². The van der Waals surface area contributed by atoms with Gasteiger partial charge in [-0.3, -0.25) is 9.89 Å². The summed E-state index contributed by atoms with van der Waals surface area (Å²) in [6.45, 7) is 4.81. The van der Waals surface area contributed by atoms with Gasteiger partial charge >= 0.3 is 0 Å². The van der Waals surface area contributed by atoms with Crippen LogP contribution >= 0.6 is 0 Å². The van der Waals surface area contributed by atoms with Crippen molar-refractivity contribution in [3.05, 3.63) is 12.2 Å². The van der Waals surface area contributed by atoms with Gasteiger partial charge in [-0.1, -0.05) is 25.5 Å². The molecule has 0 fully saturated rings. The first-order valence-electron chi connectivity index (χ1n) is 6.86. The lowest BCUT2D eigenvalue weighted by Crippen LogP contribution is -2.37. The summed E-state index contributed by atoms with van der Waals surface area (Å²) < 4.78 is 0. The van der Waals surface area contributed by atoms with Crippen LogP contribution in [0.3, 0.4) is 0 Å². The SMILES string of the molecule is CCC/C=C/CCCCC1N=CCN1C(C)O. The fraction of sp³-hybridized carbons (Fsp3) is 0.786. The maximum absolute atomic E-state index is 9.56. The van der Waals surface area contributed by atoms with E-state index in [0.717, 1.165) is 13.0 Å².